The fourth-order valence-corrected chi connectivity index (χ4v) is 4.02. The molecule has 0 unspecified atom stereocenters. The molecule has 5 heteroatoms. The van der Waals surface area contributed by atoms with Crippen molar-refractivity contribution in [3.63, 3.8) is 0 Å². The summed E-state index contributed by atoms with van der Waals surface area (Å²) in [6.45, 7) is 8.36. The Bertz CT molecular complexity index is 945. The lowest BCUT2D eigenvalue weighted by atomic mass is 9.78. The van der Waals surface area contributed by atoms with Crippen LogP contribution in [0.1, 0.15) is 104 Å². The second-order valence-electron chi connectivity index (χ2n) is 9.35. The number of benzene rings is 2. The summed E-state index contributed by atoms with van der Waals surface area (Å²) in [6, 6.07) is 9.84. The first-order chi connectivity index (χ1) is 15.7. The third-order valence-electron chi connectivity index (χ3n) is 6.21. The summed E-state index contributed by atoms with van der Waals surface area (Å²) < 4.78 is 11.2. The summed E-state index contributed by atoms with van der Waals surface area (Å²) in [5.41, 5.74) is 2.00. The Morgan fingerprint density at radius 2 is 1.52 bits per heavy atom. The summed E-state index contributed by atoms with van der Waals surface area (Å²) in [7, 11) is 1.64. The van der Waals surface area contributed by atoms with Gasteiger partial charge in [-0.1, -0.05) is 71.8 Å². The molecule has 180 valence electrons. The van der Waals surface area contributed by atoms with E-state index < -0.39 is 11.9 Å². The minimum Gasteiger partial charge on any atom is -0.496 e. The van der Waals surface area contributed by atoms with Crippen LogP contribution in [0.25, 0.3) is 0 Å². The summed E-state index contributed by atoms with van der Waals surface area (Å²) in [5, 5.41) is 9.22. The van der Waals surface area contributed by atoms with Crippen LogP contribution in [-0.2, 0) is 5.41 Å². The fourth-order valence-electron chi connectivity index (χ4n) is 4.02. The van der Waals surface area contributed by atoms with Crippen molar-refractivity contribution in [3.05, 3.63) is 58.7 Å². The van der Waals surface area contributed by atoms with Crippen molar-refractivity contribution < 1.29 is 24.2 Å². The van der Waals surface area contributed by atoms with Crippen LogP contribution >= 0.6 is 0 Å². The number of carboxylic acid groups (broad SMARTS) is 1. The number of ether oxygens (including phenoxy) is 2. The van der Waals surface area contributed by atoms with Crippen LogP contribution in [0.3, 0.4) is 0 Å². The molecule has 0 saturated heterocycles. The fraction of sp³-hybridized carbons (Fsp3) is 0.500. The Labute approximate surface area is 198 Å². The monoisotopic (exact) mass is 454 g/mol. The van der Waals surface area contributed by atoms with Crippen molar-refractivity contribution in [1.82, 2.24) is 0 Å². The Hall–Kier alpha value is -2.82. The number of methoxy groups -OCH3 is 1. The maximum absolute atomic E-state index is 12.9. The molecule has 0 aliphatic carbocycles. The molecule has 33 heavy (non-hydrogen) atoms. The van der Waals surface area contributed by atoms with Gasteiger partial charge in [0.05, 0.1) is 18.2 Å². The Balaban J connectivity index is 2.14. The van der Waals surface area contributed by atoms with Gasteiger partial charge in [-0.25, -0.2) is 9.59 Å². The van der Waals surface area contributed by atoms with Crippen LogP contribution in [0.4, 0.5) is 0 Å². The second-order valence-corrected chi connectivity index (χ2v) is 9.35. The van der Waals surface area contributed by atoms with Crippen LogP contribution in [0, 0.1) is 6.92 Å². The number of unbranched alkanes of at least 4 members (excludes halogenated alkanes) is 6. The van der Waals surface area contributed by atoms with Gasteiger partial charge in [-0.15, -0.1) is 0 Å². The van der Waals surface area contributed by atoms with E-state index in [2.05, 4.69) is 20.8 Å². The molecule has 0 aliphatic heterocycles. The molecule has 2 aromatic rings. The summed E-state index contributed by atoms with van der Waals surface area (Å²) in [5.74, 6) is -0.578. The van der Waals surface area contributed by atoms with Gasteiger partial charge in [0.2, 0.25) is 0 Å². The quantitative estimate of drug-likeness (QED) is 0.195. The summed E-state index contributed by atoms with van der Waals surface area (Å²) in [4.78, 5) is 24.2. The molecule has 1 N–H and O–H groups in total. The zero-order valence-corrected chi connectivity index (χ0v) is 20.7. The van der Waals surface area contributed by atoms with Gasteiger partial charge in [-0.05, 0) is 54.7 Å². The lowest BCUT2D eigenvalue weighted by Crippen LogP contribution is -2.20. The number of rotatable bonds is 13. The van der Waals surface area contributed by atoms with Crippen molar-refractivity contribution in [3.8, 4) is 11.5 Å². The highest BCUT2D eigenvalue weighted by Gasteiger charge is 2.26. The number of carboxylic acids is 1. The average molecular weight is 455 g/mol. The lowest BCUT2D eigenvalue weighted by Gasteiger charge is -2.28. The Morgan fingerprint density at radius 3 is 2.15 bits per heavy atom. The first-order valence-electron chi connectivity index (χ1n) is 11.9. The first-order valence-corrected chi connectivity index (χ1v) is 11.9. The minimum atomic E-state index is -1.06. The van der Waals surface area contributed by atoms with Crippen molar-refractivity contribution in [2.24, 2.45) is 0 Å². The van der Waals surface area contributed by atoms with Crippen LogP contribution in [0.2, 0.25) is 0 Å². The zero-order chi connectivity index (χ0) is 24.4. The van der Waals surface area contributed by atoms with E-state index in [1.807, 2.05) is 6.07 Å². The van der Waals surface area contributed by atoms with Gasteiger partial charge in [0.15, 0.2) is 0 Å². The molecule has 0 saturated carbocycles. The number of hydrogen-bond donors (Lipinski definition) is 1. The Morgan fingerprint density at radius 1 is 0.879 bits per heavy atom. The van der Waals surface area contributed by atoms with Gasteiger partial charge in [0, 0.05) is 5.56 Å². The SMILES string of the molecule is CCCCCCCCCC(C)(C)c1cc(C(=O)Oc2cc(C(=O)O)ccc2C)ccc1OC. The molecule has 0 fully saturated rings. The van der Waals surface area contributed by atoms with E-state index in [9.17, 15) is 14.7 Å². The van der Waals surface area contributed by atoms with Crippen LogP contribution in [0.15, 0.2) is 36.4 Å². The molecule has 0 atom stereocenters. The highest BCUT2D eigenvalue weighted by molar-refractivity contribution is 5.93. The molecule has 0 bridgehead atoms. The van der Waals surface area contributed by atoms with E-state index in [1.54, 1.807) is 32.2 Å². The predicted molar refractivity (Wildman–Crippen MR) is 132 cm³/mol. The number of carbonyl (C=O) groups is 2. The number of carbonyl (C=O) groups excluding carboxylic acids is 1. The third-order valence-corrected chi connectivity index (χ3v) is 6.21. The molecular weight excluding hydrogens is 416 g/mol. The van der Waals surface area contributed by atoms with Gasteiger partial charge in [0.1, 0.15) is 11.5 Å². The molecule has 0 aromatic heterocycles. The summed E-state index contributed by atoms with van der Waals surface area (Å²) in [6.07, 6.45) is 9.76. The normalized spacial score (nSPS) is 11.3. The number of aryl methyl sites for hydroxylation is 1. The van der Waals surface area contributed by atoms with E-state index in [4.69, 9.17) is 9.47 Å². The molecule has 0 heterocycles. The van der Waals surface area contributed by atoms with Crippen molar-refractivity contribution >= 4 is 11.9 Å². The number of aromatic carboxylic acids is 1. The van der Waals surface area contributed by atoms with E-state index in [1.165, 1.54) is 50.7 Å². The van der Waals surface area contributed by atoms with Gasteiger partial charge >= 0.3 is 11.9 Å². The maximum atomic E-state index is 12.9. The summed E-state index contributed by atoms with van der Waals surface area (Å²) >= 11 is 0. The Kier molecular flexibility index (Phi) is 9.95. The minimum absolute atomic E-state index is 0.0784. The number of esters is 1. The first kappa shape index (κ1) is 26.4. The highest BCUT2D eigenvalue weighted by Crippen LogP contribution is 2.37. The molecule has 0 amide bonds. The van der Waals surface area contributed by atoms with Crippen molar-refractivity contribution in [2.45, 2.75) is 84.5 Å². The third kappa shape index (κ3) is 7.62. The van der Waals surface area contributed by atoms with Gasteiger partial charge in [-0.3, -0.25) is 0 Å². The molecule has 0 radical (unpaired) electrons. The predicted octanol–water partition coefficient (Wildman–Crippen LogP) is 7.34. The van der Waals surface area contributed by atoms with E-state index in [0.717, 1.165) is 24.2 Å². The molecule has 5 nitrogen and oxygen atoms in total. The van der Waals surface area contributed by atoms with Crippen LogP contribution < -0.4 is 9.47 Å². The molecule has 0 aliphatic rings. The molecular formula is C28H38O5. The largest absolute Gasteiger partial charge is 0.496 e. The highest BCUT2D eigenvalue weighted by atomic mass is 16.5. The molecule has 2 rings (SSSR count). The van der Waals surface area contributed by atoms with Gasteiger partial charge in [0.25, 0.3) is 0 Å². The molecule has 0 spiro atoms. The van der Waals surface area contributed by atoms with Crippen molar-refractivity contribution in [1.29, 1.82) is 0 Å². The average Bonchev–Trinajstić information content (AvgIpc) is 2.79. The number of hydrogen-bond acceptors (Lipinski definition) is 4. The van der Waals surface area contributed by atoms with Crippen molar-refractivity contribution in [2.75, 3.05) is 7.11 Å². The molecule has 2 aromatic carbocycles. The lowest BCUT2D eigenvalue weighted by molar-refractivity contribution is 0.0687. The van der Waals surface area contributed by atoms with Crippen LogP contribution in [0.5, 0.6) is 11.5 Å². The maximum Gasteiger partial charge on any atom is 0.343 e. The van der Waals surface area contributed by atoms with Gasteiger partial charge < -0.3 is 14.6 Å². The zero-order valence-electron chi connectivity index (χ0n) is 20.7. The van der Waals surface area contributed by atoms with E-state index in [-0.39, 0.29) is 16.7 Å². The topological polar surface area (TPSA) is 72.8 Å². The van der Waals surface area contributed by atoms with E-state index >= 15 is 0 Å². The standard InChI is InChI=1S/C28H38O5/c1-6-7-8-9-10-11-12-17-28(3,4)23-18-22(15-16-24(23)32-5)27(31)33-25-19-21(26(29)30)14-13-20(25)2/h13-16,18-19H,6-12,17H2,1-5H3,(H,29,30). The second kappa shape index (κ2) is 12.4. The van der Waals surface area contributed by atoms with E-state index in [0.29, 0.717) is 11.1 Å². The smallest absolute Gasteiger partial charge is 0.343 e. The van der Waals surface area contributed by atoms with Gasteiger partial charge in [-0.2, -0.15) is 0 Å². The van der Waals surface area contributed by atoms with Crippen LogP contribution in [-0.4, -0.2) is 24.2 Å².